The Labute approximate surface area is 116 Å². The molecule has 7 heteroatoms. The second kappa shape index (κ2) is 4.41. The van der Waals surface area contributed by atoms with Crippen molar-refractivity contribution in [1.29, 1.82) is 0 Å². The highest BCUT2D eigenvalue weighted by Crippen LogP contribution is 2.28. The molecule has 3 aromatic rings. The molecule has 0 saturated heterocycles. The Morgan fingerprint density at radius 3 is 2.52 bits per heavy atom. The van der Waals surface area contributed by atoms with E-state index < -0.39 is 11.9 Å². The van der Waals surface area contributed by atoms with Gasteiger partial charge < -0.3 is 15.2 Å². The summed E-state index contributed by atoms with van der Waals surface area (Å²) >= 11 is 0. The number of H-pyrrole nitrogens is 1. The Balaban J connectivity index is 2.51. The van der Waals surface area contributed by atoms with Crippen LogP contribution in [0.2, 0.25) is 0 Å². The summed E-state index contributed by atoms with van der Waals surface area (Å²) in [6, 6.07) is 5.76. The van der Waals surface area contributed by atoms with Crippen molar-refractivity contribution in [2.24, 2.45) is 0 Å². The minimum absolute atomic E-state index is 0.178. The Kier molecular flexibility index (Phi) is 2.69. The lowest BCUT2D eigenvalue weighted by Gasteiger charge is -2.05. The number of carboxylic acid groups (broad SMARTS) is 2. The highest BCUT2D eigenvalue weighted by Gasteiger charge is 2.18. The number of aldehydes is 1. The summed E-state index contributed by atoms with van der Waals surface area (Å²) in [5, 5.41) is 19.2. The van der Waals surface area contributed by atoms with E-state index >= 15 is 0 Å². The van der Waals surface area contributed by atoms with Crippen LogP contribution >= 0.6 is 0 Å². The molecule has 0 spiro atoms. The van der Waals surface area contributed by atoms with Gasteiger partial charge in [0.05, 0.1) is 22.3 Å². The van der Waals surface area contributed by atoms with E-state index in [9.17, 15) is 19.5 Å². The minimum atomic E-state index is -1.31. The number of aromatic carboxylic acids is 2. The third kappa shape index (κ3) is 1.91. The Hall–Kier alpha value is -3.22. The first kappa shape index (κ1) is 12.8. The minimum Gasteiger partial charge on any atom is -0.478 e. The van der Waals surface area contributed by atoms with Gasteiger partial charge >= 0.3 is 11.9 Å². The number of aromatic amines is 1. The van der Waals surface area contributed by atoms with Gasteiger partial charge in [0.15, 0.2) is 6.29 Å². The number of fused-ring (bicyclic) bond motifs is 3. The molecule has 2 aromatic heterocycles. The van der Waals surface area contributed by atoms with Gasteiger partial charge in [-0.1, -0.05) is 6.07 Å². The molecule has 3 rings (SSSR count). The van der Waals surface area contributed by atoms with E-state index in [1.807, 2.05) is 0 Å². The number of pyridine rings is 1. The Morgan fingerprint density at radius 2 is 1.90 bits per heavy atom. The molecule has 7 nitrogen and oxygen atoms in total. The lowest BCUT2D eigenvalue weighted by Crippen LogP contribution is -2.06. The molecule has 0 bridgehead atoms. The van der Waals surface area contributed by atoms with Gasteiger partial charge in [-0.2, -0.15) is 0 Å². The van der Waals surface area contributed by atoms with Crippen molar-refractivity contribution in [3.63, 3.8) is 0 Å². The number of carbonyl (C=O) groups excluding carboxylic acids is 1. The van der Waals surface area contributed by atoms with Crippen molar-refractivity contribution in [3.8, 4) is 0 Å². The van der Waals surface area contributed by atoms with Crippen molar-refractivity contribution >= 4 is 40.0 Å². The van der Waals surface area contributed by atoms with E-state index in [1.165, 1.54) is 6.07 Å². The van der Waals surface area contributed by atoms with Crippen LogP contribution in [-0.2, 0) is 0 Å². The van der Waals surface area contributed by atoms with Gasteiger partial charge in [-0.15, -0.1) is 0 Å². The number of aromatic nitrogens is 2. The highest BCUT2D eigenvalue weighted by atomic mass is 16.4. The van der Waals surface area contributed by atoms with Crippen LogP contribution in [0.1, 0.15) is 31.3 Å². The van der Waals surface area contributed by atoms with Crippen LogP contribution in [0.15, 0.2) is 24.3 Å². The first-order chi connectivity index (χ1) is 10.0. The number of rotatable bonds is 3. The highest BCUT2D eigenvalue weighted by molar-refractivity contribution is 6.15. The molecule has 0 fully saturated rings. The zero-order valence-electron chi connectivity index (χ0n) is 10.5. The van der Waals surface area contributed by atoms with Crippen LogP contribution < -0.4 is 0 Å². The smallest absolute Gasteiger partial charge is 0.354 e. The van der Waals surface area contributed by atoms with E-state index in [0.717, 1.165) is 6.07 Å². The molecule has 0 aliphatic carbocycles. The summed E-state index contributed by atoms with van der Waals surface area (Å²) in [5.74, 6) is -2.57. The van der Waals surface area contributed by atoms with Gasteiger partial charge in [-0.05, 0) is 18.2 Å². The average molecular weight is 284 g/mol. The van der Waals surface area contributed by atoms with Gasteiger partial charge in [0.2, 0.25) is 0 Å². The molecule has 0 amide bonds. The second-order valence-electron chi connectivity index (χ2n) is 4.43. The number of nitrogens with zero attached hydrogens (tertiary/aromatic N) is 1. The van der Waals surface area contributed by atoms with Crippen LogP contribution in [0.5, 0.6) is 0 Å². The van der Waals surface area contributed by atoms with Crippen LogP contribution in [0.25, 0.3) is 21.8 Å². The summed E-state index contributed by atoms with van der Waals surface area (Å²) in [6.07, 6.45) is 0.616. The molecule has 0 aliphatic heterocycles. The second-order valence-corrected chi connectivity index (χ2v) is 4.43. The third-order valence-corrected chi connectivity index (χ3v) is 3.16. The van der Waals surface area contributed by atoms with Crippen LogP contribution in [0, 0.1) is 0 Å². The number of benzene rings is 1. The van der Waals surface area contributed by atoms with Crippen molar-refractivity contribution in [2.45, 2.75) is 0 Å². The largest absolute Gasteiger partial charge is 0.478 e. The fourth-order valence-electron chi connectivity index (χ4n) is 2.29. The van der Waals surface area contributed by atoms with E-state index in [-0.39, 0.29) is 22.2 Å². The van der Waals surface area contributed by atoms with Crippen molar-refractivity contribution in [2.75, 3.05) is 0 Å². The van der Waals surface area contributed by atoms with Crippen molar-refractivity contribution in [1.82, 2.24) is 9.97 Å². The van der Waals surface area contributed by atoms with Gasteiger partial charge in [0, 0.05) is 10.8 Å². The van der Waals surface area contributed by atoms with Gasteiger partial charge in [0.1, 0.15) is 5.69 Å². The third-order valence-electron chi connectivity index (χ3n) is 3.16. The topological polar surface area (TPSA) is 120 Å². The van der Waals surface area contributed by atoms with E-state index in [2.05, 4.69) is 9.97 Å². The number of nitrogens with one attached hydrogen (secondary N) is 1. The number of carboxylic acids is 2. The maximum atomic E-state index is 11.4. The molecule has 1 aromatic carbocycles. The molecule has 21 heavy (non-hydrogen) atoms. The summed E-state index contributed by atoms with van der Waals surface area (Å²) in [4.78, 5) is 40.0. The van der Waals surface area contributed by atoms with Gasteiger partial charge in [-0.25, -0.2) is 14.6 Å². The normalized spacial score (nSPS) is 10.9. The van der Waals surface area contributed by atoms with E-state index in [4.69, 9.17) is 5.11 Å². The zero-order chi connectivity index (χ0) is 15.1. The Morgan fingerprint density at radius 1 is 1.14 bits per heavy atom. The molecule has 104 valence electrons. The van der Waals surface area contributed by atoms with Crippen LogP contribution in [-0.4, -0.2) is 38.4 Å². The number of hydrogen-bond donors (Lipinski definition) is 3. The predicted octanol–water partition coefficient (Wildman–Crippen LogP) is 1.93. The molecule has 0 atom stereocenters. The lowest BCUT2D eigenvalue weighted by atomic mass is 10.0. The predicted molar refractivity (Wildman–Crippen MR) is 72.9 cm³/mol. The lowest BCUT2D eigenvalue weighted by molar-refractivity contribution is 0.0690. The fraction of sp³-hybridized carbons (Fsp3) is 0. The summed E-state index contributed by atoms with van der Waals surface area (Å²) in [6.45, 7) is 0. The standard InChI is InChI=1S/C14H8N2O5/c17-5-7-3-6-1-2-9-11(12(6)15-7)8(13(18)19)4-10(16-9)14(20)21/h1-5,15H,(H,18,19)(H,20,21). The molecular formula is C14H8N2O5. The number of hydrogen-bond acceptors (Lipinski definition) is 4. The average Bonchev–Trinajstić information content (AvgIpc) is 2.88. The van der Waals surface area contributed by atoms with Gasteiger partial charge in [-0.3, -0.25) is 4.79 Å². The Bertz CT molecular complexity index is 926. The molecular weight excluding hydrogens is 276 g/mol. The van der Waals surface area contributed by atoms with E-state index in [1.54, 1.807) is 12.1 Å². The van der Waals surface area contributed by atoms with Gasteiger partial charge in [0.25, 0.3) is 0 Å². The zero-order valence-corrected chi connectivity index (χ0v) is 10.5. The number of carbonyl (C=O) groups is 3. The molecule has 2 heterocycles. The molecule has 0 radical (unpaired) electrons. The van der Waals surface area contributed by atoms with Crippen LogP contribution in [0.4, 0.5) is 0 Å². The fourth-order valence-corrected chi connectivity index (χ4v) is 2.29. The molecule has 3 N–H and O–H groups in total. The first-order valence-electron chi connectivity index (χ1n) is 5.89. The summed E-state index contributed by atoms with van der Waals surface area (Å²) in [5.41, 5.74) is 0.454. The molecule has 0 saturated carbocycles. The summed E-state index contributed by atoms with van der Waals surface area (Å²) < 4.78 is 0. The maximum absolute atomic E-state index is 11.4. The quantitative estimate of drug-likeness (QED) is 0.632. The van der Waals surface area contributed by atoms with Crippen molar-refractivity contribution in [3.05, 3.63) is 41.2 Å². The summed E-state index contributed by atoms with van der Waals surface area (Å²) in [7, 11) is 0. The molecule has 0 unspecified atom stereocenters. The monoisotopic (exact) mass is 284 g/mol. The van der Waals surface area contributed by atoms with Crippen molar-refractivity contribution < 1.29 is 24.6 Å². The molecule has 0 aliphatic rings. The van der Waals surface area contributed by atoms with Crippen LogP contribution in [0.3, 0.4) is 0 Å². The SMILES string of the molecule is O=Cc1cc2ccc3nc(C(=O)O)cc(C(=O)O)c3c2[nH]1. The maximum Gasteiger partial charge on any atom is 0.354 e. The first-order valence-corrected chi connectivity index (χ1v) is 5.89. The van der Waals surface area contributed by atoms with E-state index in [0.29, 0.717) is 22.9 Å².